The van der Waals surface area contributed by atoms with Crippen LogP contribution in [0.2, 0.25) is 0 Å². The van der Waals surface area contributed by atoms with Gasteiger partial charge in [0, 0.05) is 19.6 Å². The molecule has 0 unspecified atom stereocenters. The Bertz CT molecular complexity index is 793. The smallest absolute Gasteiger partial charge is 0.338 e. The van der Waals surface area contributed by atoms with Crippen LogP contribution >= 0.6 is 0 Å². The molecule has 0 radical (unpaired) electrons. The van der Waals surface area contributed by atoms with Gasteiger partial charge in [0.05, 0.1) is 11.1 Å². The minimum atomic E-state index is -0.517. The molecule has 3 rings (SSSR count). The fourth-order valence-corrected chi connectivity index (χ4v) is 3.48. The molecule has 0 aliphatic heterocycles. The van der Waals surface area contributed by atoms with E-state index in [1.54, 1.807) is 34.8 Å². The Morgan fingerprint density at radius 1 is 1.27 bits per heavy atom. The van der Waals surface area contributed by atoms with Crippen LogP contribution in [-0.4, -0.2) is 51.5 Å². The van der Waals surface area contributed by atoms with E-state index >= 15 is 0 Å². The molecule has 1 aromatic heterocycles. The van der Waals surface area contributed by atoms with Gasteiger partial charge in [-0.05, 0) is 56.7 Å². The second kappa shape index (κ2) is 7.85. The molecule has 1 fully saturated rings. The van der Waals surface area contributed by atoms with Crippen molar-refractivity contribution in [3.63, 3.8) is 0 Å². The number of hydrogen-bond donors (Lipinski definition) is 0. The molecule has 1 saturated carbocycles. The first-order valence-electron chi connectivity index (χ1n) is 9.25. The van der Waals surface area contributed by atoms with Crippen LogP contribution in [0.4, 0.5) is 0 Å². The van der Waals surface area contributed by atoms with Gasteiger partial charge in [0.1, 0.15) is 5.52 Å². The lowest BCUT2D eigenvalue weighted by atomic mass is 9.87. The average molecular weight is 358 g/mol. The number of aryl methyl sites for hydroxylation is 1. The number of hydrogen-bond acceptors (Lipinski definition) is 5. The number of aromatic nitrogens is 3. The highest BCUT2D eigenvalue weighted by atomic mass is 16.5. The van der Waals surface area contributed by atoms with Crippen LogP contribution in [0.5, 0.6) is 0 Å². The summed E-state index contributed by atoms with van der Waals surface area (Å²) >= 11 is 0. The van der Waals surface area contributed by atoms with Crippen LogP contribution in [0.3, 0.4) is 0 Å². The van der Waals surface area contributed by atoms with Gasteiger partial charge in [0.15, 0.2) is 6.61 Å². The summed E-state index contributed by atoms with van der Waals surface area (Å²) in [4.78, 5) is 26.3. The van der Waals surface area contributed by atoms with Crippen molar-refractivity contribution in [1.29, 1.82) is 0 Å². The summed E-state index contributed by atoms with van der Waals surface area (Å²) in [6.07, 6.45) is 4.31. The van der Waals surface area contributed by atoms with Crippen LogP contribution in [0.1, 0.15) is 49.9 Å². The predicted octanol–water partition coefficient (Wildman–Crippen LogP) is 2.65. The van der Waals surface area contributed by atoms with Crippen LogP contribution in [0.15, 0.2) is 18.2 Å². The number of likely N-dealkylation sites (N-methyl/N-ethyl adjacent to an activating group) is 1. The first-order valence-corrected chi connectivity index (χ1v) is 9.25. The van der Waals surface area contributed by atoms with Gasteiger partial charge in [-0.25, -0.2) is 9.48 Å². The molecule has 1 aliphatic carbocycles. The van der Waals surface area contributed by atoms with Gasteiger partial charge in [-0.2, -0.15) is 0 Å². The van der Waals surface area contributed by atoms with Gasteiger partial charge in [-0.1, -0.05) is 12.1 Å². The maximum Gasteiger partial charge on any atom is 0.338 e. The lowest BCUT2D eigenvalue weighted by Gasteiger charge is -2.33. The number of carbonyl (C=O) groups is 2. The third-order valence-corrected chi connectivity index (χ3v) is 5.30. The van der Waals surface area contributed by atoms with Crippen molar-refractivity contribution in [2.45, 2.75) is 52.1 Å². The number of esters is 1. The molecule has 0 atom stereocenters. The zero-order chi connectivity index (χ0) is 18.7. The molecule has 2 aromatic rings. The van der Waals surface area contributed by atoms with Crippen molar-refractivity contribution in [2.24, 2.45) is 5.92 Å². The molecule has 0 N–H and O–H groups in total. The van der Waals surface area contributed by atoms with E-state index in [-0.39, 0.29) is 18.6 Å². The fourth-order valence-electron chi connectivity index (χ4n) is 3.48. The molecular weight excluding hydrogens is 332 g/mol. The van der Waals surface area contributed by atoms with Crippen LogP contribution in [0, 0.1) is 5.92 Å². The molecule has 1 aromatic carbocycles. The van der Waals surface area contributed by atoms with Crippen LogP contribution in [-0.2, 0) is 16.1 Å². The number of benzene rings is 1. The molecule has 0 saturated heterocycles. The summed E-state index contributed by atoms with van der Waals surface area (Å²) in [6, 6.07) is 5.37. The van der Waals surface area contributed by atoms with Crippen LogP contribution < -0.4 is 0 Å². The standard InChI is InChI=1S/C19H26N4O3/c1-4-23-17-10-7-14(11-16(17)20-21-23)19(25)26-12-18(24)22(3)15-8-5-13(2)6-9-15/h7,10-11,13,15H,4-6,8-9,12H2,1-3H3. The number of carbonyl (C=O) groups excluding carboxylic acids is 2. The highest BCUT2D eigenvalue weighted by Crippen LogP contribution is 2.26. The minimum absolute atomic E-state index is 0.157. The highest BCUT2D eigenvalue weighted by Gasteiger charge is 2.25. The van der Waals surface area contributed by atoms with Crippen molar-refractivity contribution in [3.05, 3.63) is 23.8 Å². The summed E-state index contributed by atoms with van der Waals surface area (Å²) in [7, 11) is 1.80. The third kappa shape index (κ3) is 3.86. The Hall–Kier alpha value is -2.44. The zero-order valence-corrected chi connectivity index (χ0v) is 15.6. The predicted molar refractivity (Wildman–Crippen MR) is 97.7 cm³/mol. The van der Waals surface area contributed by atoms with Gasteiger partial charge in [0.25, 0.3) is 5.91 Å². The topological polar surface area (TPSA) is 77.3 Å². The number of fused-ring (bicyclic) bond motifs is 1. The van der Waals surface area contributed by atoms with Crippen molar-refractivity contribution in [3.8, 4) is 0 Å². The van der Waals surface area contributed by atoms with Crippen molar-refractivity contribution >= 4 is 22.9 Å². The Morgan fingerprint density at radius 3 is 2.69 bits per heavy atom. The van der Waals surface area contributed by atoms with Gasteiger partial charge < -0.3 is 9.64 Å². The summed E-state index contributed by atoms with van der Waals surface area (Å²) < 4.78 is 6.98. The molecule has 26 heavy (non-hydrogen) atoms. The Kier molecular flexibility index (Phi) is 5.54. The lowest BCUT2D eigenvalue weighted by Crippen LogP contribution is -2.41. The fraction of sp³-hybridized carbons (Fsp3) is 0.579. The number of ether oxygens (including phenoxy) is 1. The Balaban J connectivity index is 1.57. The van der Waals surface area contributed by atoms with Gasteiger partial charge in [-0.3, -0.25) is 4.79 Å². The van der Waals surface area contributed by atoms with E-state index in [1.807, 2.05) is 6.92 Å². The quantitative estimate of drug-likeness (QED) is 0.768. The highest BCUT2D eigenvalue weighted by molar-refractivity contribution is 5.94. The van der Waals surface area contributed by atoms with Crippen molar-refractivity contribution in [1.82, 2.24) is 19.9 Å². The van der Waals surface area contributed by atoms with E-state index in [1.165, 1.54) is 0 Å². The third-order valence-electron chi connectivity index (χ3n) is 5.30. The first-order chi connectivity index (χ1) is 12.5. The lowest BCUT2D eigenvalue weighted by molar-refractivity contribution is -0.136. The molecular formula is C19H26N4O3. The van der Waals surface area contributed by atoms with Crippen molar-refractivity contribution in [2.75, 3.05) is 13.7 Å². The maximum absolute atomic E-state index is 12.3. The number of nitrogens with zero attached hydrogens (tertiary/aromatic N) is 4. The van der Waals surface area contributed by atoms with E-state index in [0.717, 1.165) is 37.1 Å². The van der Waals surface area contributed by atoms with E-state index in [2.05, 4.69) is 17.2 Å². The largest absolute Gasteiger partial charge is 0.452 e. The van der Waals surface area contributed by atoms with E-state index < -0.39 is 5.97 Å². The molecule has 1 heterocycles. The molecule has 140 valence electrons. The summed E-state index contributed by atoms with van der Waals surface area (Å²) in [6.45, 7) is 4.70. The SMILES string of the molecule is CCn1nnc2cc(C(=O)OCC(=O)N(C)C3CCC(C)CC3)ccc21. The molecule has 0 bridgehead atoms. The maximum atomic E-state index is 12.3. The minimum Gasteiger partial charge on any atom is -0.452 e. The van der Waals surface area contributed by atoms with Gasteiger partial charge in [0.2, 0.25) is 0 Å². The average Bonchev–Trinajstić information content (AvgIpc) is 3.08. The second-order valence-corrected chi connectivity index (χ2v) is 7.10. The summed E-state index contributed by atoms with van der Waals surface area (Å²) in [5.74, 6) is 0.0565. The molecule has 1 aliphatic rings. The Labute approximate surface area is 153 Å². The molecule has 7 heteroatoms. The second-order valence-electron chi connectivity index (χ2n) is 7.10. The Morgan fingerprint density at radius 2 is 2.00 bits per heavy atom. The molecule has 1 amide bonds. The number of amides is 1. The summed E-state index contributed by atoms with van der Waals surface area (Å²) in [5, 5.41) is 8.08. The molecule has 7 nitrogen and oxygen atoms in total. The van der Waals surface area contributed by atoms with E-state index in [0.29, 0.717) is 17.6 Å². The van der Waals surface area contributed by atoms with E-state index in [4.69, 9.17) is 4.74 Å². The summed E-state index contributed by atoms with van der Waals surface area (Å²) in [5.41, 5.74) is 1.88. The number of rotatable bonds is 5. The zero-order valence-electron chi connectivity index (χ0n) is 15.6. The van der Waals surface area contributed by atoms with E-state index in [9.17, 15) is 9.59 Å². The van der Waals surface area contributed by atoms with Crippen molar-refractivity contribution < 1.29 is 14.3 Å². The first kappa shape index (κ1) is 18.4. The monoisotopic (exact) mass is 358 g/mol. The van der Waals surface area contributed by atoms with Crippen LogP contribution in [0.25, 0.3) is 11.0 Å². The van der Waals surface area contributed by atoms with Gasteiger partial charge >= 0.3 is 5.97 Å². The molecule has 0 spiro atoms. The van der Waals surface area contributed by atoms with Gasteiger partial charge in [-0.15, -0.1) is 5.10 Å². The normalized spacial score (nSPS) is 20.1.